The zero-order valence-electron chi connectivity index (χ0n) is 11.0. The van der Waals surface area contributed by atoms with Crippen molar-refractivity contribution >= 4 is 11.9 Å². The zero-order valence-corrected chi connectivity index (χ0v) is 11.0. The van der Waals surface area contributed by atoms with Crippen LogP contribution in [-0.4, -0.2) is 23.0 Å². The summed E-state index contributed by atoms with van der Waals surface area (Å²) < 4.78 is 0. The first kappa shape index (κ1) is 13.1. The fraction of sp³-hybridized carbons (Fsp3) is 0.714. The SMILES string of the molecule is CC1(C)CCCC1C(=O)NC1C=CC(C(=O)O)C1. The second kappa shape index (κ2) is 4.75. The highest BCUT2D eigenvalue weighted by Crippen LogP contribution is 2.42. The third-order valence-electron chi connectivity index (χ3n) is 4.30. The summed E-state index contributed by atoms with van der Waals surface area (Å²) in [5, 5.41) is 11.9. The lowest BCUT2D eigenvalue weighted by molar-refractivity contribution is -0.140. The average molecular weight is 251 g/mol. The van der Waals surface area contributed by atoms with Gasteiger partial charge in [-0.05, 0) is 24.7 Å². The smallest absolute Gasteiger partial charge is 0.310 e. The van der Waals surface area contributed by atoms with E-state index in [0.29, 0.717) is 6.42 Å². The van der Waals surface area contributed by atoms with Crippen molar-refractivity contribution in [3.05, 3.63) is 12.2 Å². The monoisotopic (exact) mass is 251 g/mol. The van der Waals surface area contributed by atoms with Crippen LogP contribution in [-0.2, 0) is 9.59 Å². The molecule has 0 aromatic heterocycles. The fourth-order valence-electron chi connectivity index (χ4n) is 3.09. The van der Waals surface area contributed by atoms with Crippen LogP contribution in [0.15, 0.2) is 12.2 Å². The Hall–Kier alpha value is -1.32. The van der Waals surface area contributed by atoms with E-state index in [1.54, 1.807) is 12.2 Å². The predicted molar refractivity (Wildman–Crippen MR) is 67.9 cm³/mol. The first-order chi connectivity index (χ1) is 8.40. The van der Waals surface area contributed by atoms with Crippen molar-refractivity contribution in [2.75, 3.05) is 0 Å². The number of carboxylic acids is 1. The number of aliphatic carboxylic acids is 1. The Bertz CT molecular complexity index is 387. The summed E-state index contributed by atoms with van der Waals surface area (Å²) in [6.07, 6.45) is 7.09. The maximum Gasteiger partial charge on any atom is 0.310 e. The Morgan fingerprint density at radius 1 is 1.33 bits per heavy atom. The highest BCUT2D eigenvalue weighted by atomic mass is 16.4. The Kier molecular flexibility index (Phi) is 3.46. The Morgan fingerprint density at radius 3 is 2.56 bits per heavy atom. The van der Waals surface area contributed by atoms with E-state index in [1.165, 1.54) is 0 Å². The lowest BCUT2D eigenvalue weighted by atomic mass is 9.81. The van der Waals surface area contributed by atoms with Crippen molar-refractivity contribution < 1.29 is 14.7 Å². The summed E-state index contributed by atoms with van der Waals surface area (Å²) in [6.45, 7) is 4.27. The second-order valence-corrected chi connectivity index (χ2v) is 6.11. The molecule has 0 bridgehead atoms. The van der Waals surface area contributed by atoms with E-state index in [1.807, 2.05) is 0 Å². The third kappa shape index (κ3) is 2.57. The highest BCUT2D eigenvalue weighted by Gasteiger charge is 2.40. The van der Waals surface area contributed by atoms with Crippen molar-refractivity contribution in [1.29, 1.82) is 0 Å². The molecule has 0 spiro atoms. The number of amides is 1. The summed E-state index contributed by atoms with van der Waals surface area (Å²) >= 11 is 0. The minimum atomic E-state index is -0.816. The van der Waals surface area contributed by atoms with Gasteiger partial charge in [0, 0.05) is 12.0 Å². The molecule has 0 saturated heterocycles. The minimum Gasteiger partial charge on any atom is -0.481 e. The van der Waals surface area contributed by atoms with E-state index >= 15 is 0 Å². The van der Waals surface area contributed by atoms with E-state index in [9.17, 15) is 9.59 Å². The van der Waals surface area contributed by atoms with E-state index in [2.05, 4.69) is 19.2 Å². The molecule has 0 heterocycles. The highest BCUT2D eigenvalue weighted by molar-refractivity contribution is 5.81. The van der Waals surface area contributed by atoms with Crippen LogP contribution in [0.5, 0.6) is 0 Å². The molecule has 2 aliphatic rings. The van der Waals surface area contributed by atoms with Gasteiger partial charge < -0.3 is 10.4 Å². The summed E-state index contributed by atoms with van der Waals surface area (Å²) in [4.78, 5) is 23.0. The average Bonchev–Trinajstić information content (AvgIpc) is 2.84. The van der Waals surface area contributed by atoms with Gasteiger partial charge in [-0.2, -0.15) is 0 Å². The molecule has 2 N–H and O–H groups in total. The fourth-order valence-corrected chi connectivity index (χ4v) is 3.09. The Balaban J connectivity index is 1.90. The number of hydrogen-bond acceptors (Lipinski definition) is 2. The van der Waals surface area contributed by atoms with Gasteiger partial charge in [-0.1, -0.05) is 32.4 Å². The summed E-state index contributed by atoms with van der Waals surface area (Å²) in [7, 11) is 0. The molecule has 4 heteroatoms. The number of carboxylic acid groups (broad SMARTS) is 1. The minimum absolute atomic E-state index is 0.0646. The molecule has 0 aromatic carbocycles. The van der Waals surface area contributed by atoms with Gasteiger partial charge in [-0.25, -0.2) is 0 Å². The van der Waals surface area contributed by atoms with Gasteiger partial charge in [0.25, 0.3) is 0 Å². The van der Waals surface area contributed by atoms with Gasteiger partial charge in [0.1, 0.15) is 0 Å². The van der Waals surface area contributed by atoms with Crippen molar-refractivity contribution in [2.45, 2.75) is 45.6 Å². The molecule has 4 nitrogen and oxygen atoms in total. The largest absolute Gasteiger partial charge is 0.481 e. The molecular weight excluding hydrogens is 230 g/mol. The molecule has 1 saturated carbocycles. The van der Waals surface area contributed by atoms with Gasteiger partial charge in [0.2, 0.25) is 5.91 Å². The molecule has 100 valence electrons. The molecule has 1 fully saturated rings. The van der Waals surface area contributed by atoms with Gasteiger partial charge in [0.15, 0.2) is 0 Å². The van der Waals surface area contributed by atoms with Crippen molar-refractivity contribution in [3.63, 3.8) is 0 Å². The van der Waals surface area contributed by atoms with Crippen LogP contribution in [0, 0.1) is 17.3 Å². The lowest BCUT2D eigenvalue weighted by Crippen LogP contribution is -2.41. The summed E-state index contributed by atoms with van der Waals surface area (Å²) in [6, 6.07) is -0.116. The van der Waals surface area contributed by atoms with E-state index < -0.39 is 11.9 Å². The summed E-state index contributed by atoms with van der Waals surface area (Å²) in [5.74, 6) is -1.12. The lowest BCUT2D eigenvalue weighted by Gasteiger charge is -2.27. The van der Waals surface area contributed by atoms with Gasteiger partial charge in [0.05, 0.1) is 5.92 Å². The molecule has 3 unspecified atom stereocenters. The first-order valence-electron chi connectivity index (χ1n) is 6.61. The molecule has 2 rings (SSSR count). The quantitative estimate of drug-likeness (QED) is 0.753. The van der Waals surface area contributed by atoms with E-state index in [4.69, 9.17) is 5.11 Å². The van der Waals surface area contributed by atoms with Crippen LogP contribution in [0.1, 0.15) is 39.5 Å². The molecule has 2 aliphatic carbocycles. The number of hydrogen-bond donors (Lipinski definition) is 2. The molecule has 0 aliphatic heterocycles. The van der Waals surface area contributed by atoms with E-state index in [0.717, 1.165) is 19.3 Å². The Morgan fingerprint density at radius 2 is 2.06 bits per heavy atom. The van der Waals surface area contributed by atoms with Crippen LogP contribution in [0.2, 0.25) is 0 Å². The summed E-state index contributed by atoms with van der Waals surface area (Å²) in [5.41, 5.74) is 0.0681. The number of carbonyl (C=O) groups excluding carboxylic acids is 1. The second-order valence-electron chi connectivity index (χ2n) is 6.11. The normalized spacial score (nSPS) is 33.6. The zero-order chi connectivity index (χ0) is 13.3. The predicted octanol–water partition coefficient (Wildman–Crippen LogP) is 1.96. The molecular formula is C14H21NO3. The molecule has 3 atom stereocenters. The van der Waals surface area contributed by atoms with Gasteiger partial charge >= 0.3 is 5.97 Å². The van der Waals surface area contributed by atoms with Crippen LogP contribution in [0.3, 0.4) is 0 Å². The van der Waals surface area contributed by atoms with Crippen molar-refractivity contribution in [2.24, 2.45) is 17.3 Å². The maximum absolute atomic E-state index is 12.2. The van der Waals surface area contributed by atoms with Crippen LogP contribution in [0.4, 0.5) is 0 Å². The van der Waals surface area contributed by atoms with Crippen LogP contribution in [0.25, 0.3) is 0 Å². The number of rotatable bonds is 3. The number of nitrogens with one attached hydrogen (secondary N) is 1. The van der Waals surface area contributed by atoms with Crippen LogP contribution < -0.4 is 5.32 Å². The molecule has 1 amide bonds. The Labute approximate surface area is 107 Å². The third-order valence-corrected chi connectivity index (χ3v) is 4.30. The number of carbonyl (C=O) groups is 2. The standard InChI is InChI=1S/C14H21NO3/c1-14(2)7-3-4-11(14)12(16)15-10-6-5-9(8-10)13(17)18/h5-6,9-11H,3-4,7-8H2,1-2H3,(H,15,16)(H,17,18). The molecule has 0 radical (unpaired) electrons. The first-order valence-corrected chi connectivity index (χ1v) is 6.61. The maximum atomic E-state index is 12.2. The van der Waals surface area contributed by atoms with Crippen molar-refractivity contribution in [1.82, 2.24) is 5.32 Å². The van der Waals surface area contributed by atoms with Crippen LogP contribution >= 0.6 is 0 Å². The van der Waals surface area contributed by atoms with Gasteiger partial charge in [-0.15, -0.1) is 0 Å². The topological polar surface area (TPSA) is 66.4 Å². The van der Waals surface area contributed by atoms with Gasteiger partial charge in [-0.3, -0.25) is 9.59 Å². The van der Waals surface area contributed by atoms with E-state index in [-0.39, 0.29) is 23.3 Å². The molecule has 18 heavy (non-hydrogen) atoms. The molecule has 0 aromatic rings. The van der Waals surface area contributed by atoms with Crippen molar-refractivity contribution in [3.8, 4) is 0 Å².